The summed E-state index contributed by atoms with van der Waals surface area (Å²) in [6.07, 6.45) is 1.11. The molecule has 1 unspecified atom stereocenters. The summed E-state index contributed by atoms with van der Waals surface area (Å²) in [6, 6.07) is 1.36. The normalized spacial score (nSPS) is 23.2. The zero-order valence-electron chi connectivity index (χ0n) is 9.50. The standard InChI is InChI=1S/C9H14N2O4S3/c10-7-4-9(16-6-7)18(14,15)11-5-8-2-1-3-17(8,12)13/h4,6,8,11H,1-3,5,10H2. The Morgan fingerprint density at radius 2 is 2.22 bits per heavy atom. The van der Waals surface area contributed by atoms with Crippen molar-refractivity contribution in [3.8, 4) is 0 Å². The van der Waals surface area contributed by atoms with Crippen LogP contribution in [-0.2, 0) is 19.9 Å². The number of sulfone groups is 1. The third kappa shape index (κ3) is 2.85. The van der Waals surface area contributed by atoms with E-state index in [9.17, 15) is 16.8 Å². The molecule has 2 heterocycles. The Balaban J connectivity index is 2.06. The van der Waals surface area contributed by atoms with Crippen molar-refractivity contribution < 1.29 is 16.8 Å². The average molecular weight is 310 g/mol. The molecule has 0 bridgehead atoms. The number of rotatable bonds is 4. The molecule has 0 saturated carbocycles. The Kier molecular flexibility index (Phi) is 3.67. The molecule has 1 aromatic heterocycles. The molecule has 0 spiro atoms. The Morgan fingerprint density at radius 3 is 2.72 bits per heavy atom. The summed E-state index contributed by atoms with van der Waals surface area (Å²) >= 11 is 1.01. The molecule has 1 atom stereocenters. The molecule has 18 heavy (non-hydrogen) atoms. The van der Waals surface area contributed by atoms with Gasteiger partial charge >= 0.3 is 0 Å². The highest BCUT2D eigenvalue weighted by Gasteiger charge is 2.32. The van der Waals surface area contributed by atoms with Gasteiger partial charge in [-0.2, -0.15) is 0 Å². The smallest absolute Gasteiger partial charge is 0.250 e. The summed E-state index contributed by atoms with van der Waals surface area (Å²) in [6.45, 7) is -0.0670. The first-order valence-corrected chi connectivity index (χ1v) is 9.44. The maximum absolute atomic E-state index is 11.9. The molecule has 2 rings (SSSR count). The van der Waals surface area contributed by atoms with Crippen molar-refractivity contribution in [1.29, 1.82) is 0 Å². The highest BCUT2D eigenvalue weighted by molar-refractivity contribution is 7.92. The minimum atomic E-state index is -3.65. The van der Waals surface area contributed by atoms with Gasteiger partial charge < -0.3 is 5.73 Å². The summed E-state index contributed by atoms with van der Waals surface area (Å²) < 4.78 is 49.3. The number of thiophene rings is 1. The predicted molar refractivity (Wildman–Crippen MR) is 70.7 cm³/mol. The maximum atomic E-state index is 11.9. The van der Waals surface area contributed by atoms with Gasteiger partial charge in [0.2, 0.25) is 10.0 Å². The van der Waals surface area contributed by atoms with Crippen molar-refractivity contribution >= 4 is 36.9 Å². The van der Waals surface area contributed by atoms with E-state index in [1.54, 1.807) is 0 Å². The number of sulfonamides is 1. The van der Waals surface area contributed by atoms with Crippen molar-refractivity contribution in [3.05, 3.63) is 11.4 Å². The Hall–Kier alpha value is -0.640. The predicted octanol–water partition coefficient (Wildman–Crippen LogP) is 0.186. The van der Waals surface area contributed by atoms with Gasteiger partial charge in [-0.15, -0.1) is 11.3 Å². The molecule has 1 aliphatic rings. The first-order valence-electron chi connectivity index (χ1n) is 5.36. The molecule has 1 aliphatic heterocycles. The summed E-state index contributed by atoms with van der Waals surface area (Å²) in [4.78, 5) is 0. The Bertz CT molecular complexity index is 633. The Morgan fingerprint density at radius 1 is 1.50 bits per heavy atom. The molecule has 3 N–H and O–H groups in total. The van der Waals surface area contributed by atoms with Gasteiger partial charge in [-0.3, -0.25) is 0 Å². The van der Waals surface area contributed by atoms with Crippen molar-refractivity contribution in [3.63, 3.8) is 0 Å². The second-order valence-electron chi connectivity index (χ2n) is 4.18. The lowest BCUT2D eigenvalue weighted by atomic mass is 10.2. The second kappa shape index (κ2) is 4.80. The van der Waals surface area contributed by atoms with Crippen LogP contribution in [0, 0.1) is 0 Å². The third-order valence-electron chi connectivity index (χ3n) is 2.82. The topological polar surface area (TPSA) is 106 Å². The SMILES string of the molecule is Nc1csc(S(=O)(=O)NCC2CCCS2(=O)=O)c1. The summed E-state index contributed by atoms with van der Waals surface area (Å²) in [5.41, 5.74) is 5.84. The number of nitrogens with one attached hydrogen (secondary N) is 1. The lowest BCUT2D eigenvalue weighted by Gasteiger charge is -2.10. The van der Waals surface area contributed by atoms with Crippen LogP contribution in [0.2, 0.25) is 0 Å². The lowest BCUT2D eigenvalue weighted by molar-refractivity contribution is 0.572. The van der Waals surface area contributed by atoms with Crippen LogP contribution in [0.4, 0.5) is 5.69 Å². The van der Waals surface area contributed by atoms with E-state index in [1.807, 2.05) is 0 Å². The van der Waals surface area contributed by atoms with Crippen molar-refractivity contribution in [2.75, 3.05) is 18.0 Å². The van der Waals surface area contributed by atoms with Crippen molar-refractivity contribution in [2.24, 2.45) is 0 Å². The Labute approximate surface area is 110 Å². The zero-order chi connectivity index (χ0) is 13.4. The van der Waals surface area contributed by atoms with E-state index < -0.39 is 25.1 Å². The molecule has 6 nitrogen and oxygen atoms in total. The minimum absolute atomic E-state index is 0.0670. The number of nitrogen functional groups attached to an aromatic ring is 1. The van der Waals surface area contributed by atoms with Gasteiger partial charge in [-0.05, 0) is 18.9 Å². The van der Waals surface area contributed by atoms with Crippen LogP contribution in [0.25, 0.3) is 0 Å². The van der Waals surface area contributed by atoms with Gasteiger partial charge in [0.1, 0.15) is 4.21 Å². The van der Waals surface area contributed by atoms with Crippen LogP contribution in [0.15, 0.2) is 15.7 Å². The van der Waals surface area contributed by atoms with E-state index in [0.29, 0.717) is 18.5 Å². The summed E-state index contributed by atoms with van der Waals surface area (Å²) in [5.74, 6) is 0.144. The zero-order valence-corrected chi connectivity index (χ0v) is 11.9. The first kappa shape index (κ1) is 13.8. The van der Waals surface area contributed by atoms with Gasteiger partial charge in [0.05, 0.1) is 11.0 Å². The van der Waals surface area contributed by atoms with Gasteiger partial charge in [0, 0.05) is 17.6 Å². The van der Waals surface area contributed by atoms with E-state index in [2.05, 4.69) is 4.72 Å². The molecular weight excluding hydrogens is 296 g/mol. The molecule has 1 fully saturated rings. The second-order valence-corrected chi connectivity index (χ2v) is 9.49. The van der Waals surface area contributed by atoms with E-state index in [1.165, 1.54) is 11.4 Å². The largest absolute Gasteiger partial charge is 0.398 e. The van der Waals surface area contributed by atoms with E-state index >= 15 is 0 Å². The number of nitrogens with two attached hydrogens (primary N) is 1. The molecule has 0 amide bonds. The van der Waals surface area contributed by atoms with Gasteiger partial charge in [-0.1, -0.05) is 0 Å². The molecule has 102 valence electrons. The minimum Gasteiger partial charge on any atom is -0.398 e. The van der Waals surface area contributed by atoms with Crippen LogP contribution in [-0.4, -0.2) is 34.4 Å². The fourth-order valence-electron chi connectivity index (χ4n) is 1.83. The summed E-state index contributed by atoms with van der Waals surface area (Å²) in [7, 11) is -6.79. The van der Waals surface area contributed by atoms with Crippen LogP contribution < -0.4 is 10.5 Å². The van der Waals surface area contributed by atoms with Crippen LogP contribution in [0.3, 0.4) is 0 Å². The quantitative estimate of drug-likeness (QED) is 0.825. The van der Waals surface area contributed by atoms with Gasteiger partial charge in [-0.25, -0.2) is 21.6 Å². The first-order chi connectivity index (χ1) is 8.31. The number of hydrogen-bond acceptors (Lipinski definition) is 6. The number of anilines is 1. The number of hydrogen-bond donors (Lipinski definition) is 2. The van der Waals surface area contributed by atoms with E-state index in [0.717, 1.165) is 11.3 Å². The average Bonchev–Trinajstić information content (AvgIpc) is 2.82. The molecule has 0 radical (unpaired) electrons. The van der Waals surface area contributed by atoms with Gasteiger partial charge in [0.25, 0.3) is 0 Å². The van der Waals surface area contributed by atoms with E-state index in [4.69, 9.17) is 5.73 Å². The monoisotopic (exact) mass is 310 g/mol. The van der Waals surface area contributed by atoms with E-state index in [-0.39, 0.29) is 16.5 Å². The van der Waals surface area contributed by atoms with Crippen LogP contribution >= 0.6 is 11.3 Å². The molecular formula is C9H14N2O4S3. The molecule has 0 aliphatic carbocycles. The maximum Gasteiger partial charge on any atom is 0.250 e. The highest BCUT2D eigenvalue weighted by Crippen LogP contribution is 2.23. The lowest BCUT2D eigenvalue weighted by Crippen LogP contribution is -2.34. The third-order valence-corrected chi connectivity index (χ3v) is 7.98. The van der Waals surface area contributed by atoms with Crippen molar-refractivity contribution in [1.82, 2.24) is 4.72 Å². The fraction of sp³-hybridized carbons (Fsp3) is 0.556. The van der Waals surface area contributed by atoms with Crippen LogP contribution in [0.1, 0.15) is 12.8 Å². The molecule has 1 aromatic rings. The molecule has 1 saturated heterocycles. The molecule has 9 heteroatoms. The van der Waals surface area contributed by atoms with Crippen LogP contribution in [0.5, 0.6) is 0 Å². The highest BCUT2D eigenvalue weighted by atomic mass is 32.2. The fourth-order valence-corrected chi connectivity index (χ4v) is 5.91. The summed E-state index contributed by atoms with van der Waals surface area (Å²) in [5, 5.41) is 0.922. The molecule has 0 aromatic carbocycles. The van der Waals surface area contributed by atoms with Crippen molar-refractivity contribution in [2.45, 2.75) is 22.3 Å². The van der Waals surface area contributed by atoms with Gasteiger partial charge in [0.15, 0.2) is 9.84 Å².